The maximum absolute atomic E-state index is 11.3. The Morgan fingerprint density at radius 1 is 1.36 bits per heavy atom. The number of alkyl halides is 1. The molecule has 3 nitrogen and oxygen atoms in total. The fourth-order valence-electron chi connectivity index (χ4n) is 1.04. The Labute approximate surface area is 92.7 Å². The van der Waals surface area contributed by atoms with Crippen LogP contribution in [0.3, 0.4) is 0 Å². The monoisotopic (exact) mass is 277 g/mol. The van der Waals surface area contributed by atoms with Gasteiger partial charge < -0.3 is 0 Å². The van der Waals surface area contributed by atoms with Crippen LogP contribution in [0.5, 0.6) is 0 Å². The first-order chi connectivity index (χ1) is 6.44. The summed E-state index contributed by atoms with van der Waals surface area (Å²) < 4.78 is 25.0. The number of benzene rings is 1. The van der Waals surface area contributed by atoms with E-state index in [-0.39, 0.29) is 4.66 Å². The van der Waals surface area contributed by atoms with E-state index >= 15 is 0 Å². The molecule has 0 aliphatic rings. The lowest BCUT2D eigenvalue weighted by molar-refractivity contribution is 0.606. The molecule has 0 saturated heterocycles. The fourth-order valence-corrected chi connectivity index (χ4v) is 1.99. The number of aryl methyl sites for hydroxylation is 2. The van der Waals surface area contributed by atoms with Gasteiger partial charge in [-0.15, -0.1) is 0 Å². The van der Waals surface area contributed by atoms with Gasteiger partial charge in [0, 0.05) is 0 Å². The fraction of sp³-hybridized carbons (Fsp3) is 0.333. The summed E-state index contributed by atoms with van der Waals surface area (Å²) in [5.41, 5.74) is 2.59. The Hall–Kier alpha value is -0.550. The lowest BCUT2D eigenvalue weighted by Gasteiger charge is -2.09. The minimum Gasteiger partial charge on any atom is -0.283 e. The van der Waals surface area contributed by atoms with Crippen molar-refractivity contribution in [3.63, 3.8) is 0 Å². The van der Waals surface area contributed by atoms with Crippen LogP contribution in [0.15, 0.2) is 18.2 Å². The highest BCUT2D eigenvalue weighted by atomic mass is 79.9. The second-order valence-corrected chi connectivity index (χ2v) is 6.17. The first-order valence-electron chi connectivity index (χ1n) is 4.08. The summed E-state index contributed by atoms with van der Waals surface area (Å²) >= 11 is 2.92. The lowest BCUT2D eigenvalue weighted by Crippen LogP contribution is -2.14. The molecule has 0 radical (unpaired) electrons. The van der Waals surface area contributed by atoms with E-state index < -0.39 is 10.0 Å². The number of hydrogen-bond acceptors (Lipinski definition) is 2. The molecule has 0 heterocycles. The molecule has 14 heavy (non-hydrogen) atoms. The van der Waals surface area contributed by atoms with E-state index in [9.17, 15) is 8.42 Å². The molecule has 1 aromatic carbocycles. The Bertz CT molecular complexity index is 428. The second kappa shape index (κ2) is 4.31. The maximum atomic E-state index is 11.3. The minimum atomic E-state index is -3.25. The van der Waals surface area contributed by atoms with Crippen LogP contribution in [-0.2, 0) is 10.0 Å². The second-order valence-electron chi connectivity index (χ2n) is 3.14. The molecule has 0 amide bonds. The predicted octanol–water partition coefficient (Wildman–Crippen LogP) is 2.40. The standard InChI is InChI=1S/C9H12BrNO2S/c1-7-3-4-8(2)9(5-7)11-14(12,13)6-10/h3-5,11H,6H2,1-2H3. The van der Waals surface area contributed by atoms with Crippen molar-refractivity contribution in [3.05, 3.63) is 29.3 Å². The molecule has 0 aliphatic carbocycles. The summed E-state index contributed by atoms with van der Waals surface area (Å²) in [6.45, 7) is 3.79. The summed E-state index contributed by atoms with van der Waals surface area (Å²) in [5, 5.41) is 0. The molecule has 1 rings (SSSR count). The van der Waals surface area contributed by atoms with Crippen LogP contribution in [0, 0.1) is 13.8 Å². The van der Waals surface area contributed by atoms with Crippen LogP contribution >= 0.6 is 15.9 Å². The Morgan fingerprint density at radius 2 is 2.00 bits per heavy atom. The van der Waals surface area contributed by atoms with Crippen LogP contribution in [0.4, 0.5) is 5.69 Å². The Balaban J connectivity index is 3.03. The summed E-state index contributed by atoms with van der Waals surface area (Å²) in [6.07, 6.45) is 0. The highest BCUT2D eigenvalue weighted by molar-refractivity contribution is 9.10. The normalized spacial score (nSPS) is 11.4. The molecule has 0 unspecified atom stereocenters. The first-order valence-corrected chi connectivity index (χ1v) is 6.86. The van der Waals surface area contributed by atoms with Gasteiger partial charge in [0.2, 0.25) is 10.0 Å². The third-order valence-corrected chi connectivity index (χ3v) is 4.43. The SMILES string of the molecule is Cc1ccc(C)c(NS(=O)(=O)CBr)c1. The summed E-state index contributed by atoms with van der Waals surface area (Å²) in [7, 11) is -3.25. The zero-order valence-corrected chi connectivity index (χ0v) is 10.4. The van der Waals surface area contributed by atoms with Crippen LogP contribution < -0.4 is 4.72 Å². The van der Waals surface area contributed by atoms with Crippen molar-refractivity contribution in [2.45, 2.75) is 13.8 Å². The zero-order chi connectivity index (χ0) is 10.8. The van der Waals surface area contributed by atoms with Crippen molar-refractivity contribution in [2.24, 2.45) is 0 Å². The van der Waals surface area contributed by atoms with E-state index in [1.54, 1.807) is 0 Å². The average molecular weight is 278 g/mol. The smallest absolute Gasteiger partial charge is 0.242 e. The first kappa shape index (κ1) is 11.5. The van der Waals surface area contributed by atoms with E-state index in [2.05, 4.69) is 20.7 Å². The summed E-state index contributed by atoms with van der Waals surface area (Å²) in [6, 6.07) is 5.65. The number of halogens is 1. The largest absolute Gasteiger partial charge is 0.283 e. The van der Waals surface area contributed by atoms with Crippen LogP contribution in [-0.4, -0.2) is 13.1 Å². The van der Waals surface area contributed by atoms with Crippen molar-refractivity contribution in [3.8, 4) is 0 Å². The molecule has 78 valence electrons. The van der Waals surface area contributed by atoms with Crippen molar-refractivity contribution in [2.75, 3.05) is 9.38 Å². The predicted molar refractivity (Wildman–Crippen MR) is 62.3 cm³/mol. The highest BCUT2D eigenvalue weighted by Gasteiger charge is 2.09. The van der Waals surface area contributed by atoms with E-state index in [0.717, 1.165) is 11.1 Å². The average Bonchev–Trinajstić information content (AvgIpc) is 2.11. The molecular weight excluding hydrogens is 266 g/mol. The minimum absolute atomic E-state index is 0.0899. The van der Waals surface area contributed by atoms with Gasteiger partial charge in [-0.2, -0.15) is 0 Å². The third kappa shape index (κ3) is 2.99. The molecule has 0 bridgehead atoms. The molecule has 1 aromatic rings. The lowest BCUT2D eigenvalue weighted by atomic mass is 10.1. The molecular formula is C9H12BrNO2S. The molecule has 0 aliphatic heterocycles. The van der Waals surface area contributed by atoms with E-state index in [4.69, 9.17) is 0 Å². The van der Waals surface area contributed by atoms with Gasteiger partial charge in [-0.25, -0.2) is 8.42 Å². The van der Waals surface area contributed by atoms with E-state index in [1.807, 2.05) is 32.0 Å². The maximum Gasteiger partial charge on any atom is 0.242 e. The van der Waals surface area contributed by atoms with Gasteiger partial charge in [0.25, 0.3) is 0 Å². The van der Waals surface area contributed by atoms with Crippen molar-refractivity contribution in [1.82, 2.24) is 0 Å². The number of rotatable bonds is 3. The molecule has 1 N–H and O–H groups in total. The number of nitrogens with one attached hydrogen (secondary N) is 1. The molecule has 0 fully saturated rings. The number of sulfonamides is 1. The van der Waals surface area contributed by atoms with Crippen molar-refractivity contribution in [1.29, 1.82) is 0 Å². The third-order valence-electron chi connectivity index (χ3n) is 1.80. The van der Waals surface area contributed by atoms with E-state index in [0.29, 0.717) is 5.69 Å². The quantitative estimate of drug-likeness (QED) is 0.863. The molecule has 5 heteroatoms. The topological polar surface area (TPSA) is 46.2 Å². The Morgan fingerprint density at radius 3 is 2.57 bits per heavy atom. The number of anilines is 1. The molecule has 0 spiro atoms. The van der Waals surface area contributed by atoms with E-state index in [1.165, 1.54) is 0 Å². The Kier molecular flexibility index (Phi) is 3.55. The summed E-state index contributed by atoms with van der Waals surface area (Å²) in [5.74, 6) is 0. The van der Waals surface area contributed by atoms with Crippen molar-refractivity contribution < 1.29 is 8.42 Å². The van der Waals surface area contributed by atoms with Crippen LogP contribution in [0.1, 0.15) is 11.1 Å². The highest BCUT2D eigenvalue weighted by Crippen LogP contribution is 2.18. The zero-order valence-electron chi connectivity index (χ0n) is 8.04. The molecule has 0 atom stereocenters. The molecule has 0 saturated carbocycles. The van der Waals surface area contributed by atoms with Crippen molar-refractivity contribution >= 4 is 31.6 Å². The van der Waals surface area contributed by atoms with Gasteiger partial charge in [-0.3, -0.25) is 4.72 Å². The van der Waals surface area contributed by atoms with Crippen LogP contribution in [0.25, 0.3) is 0 Å². The van der Waals surface area contributed by atoms with Gasteiger partial charge in [0.05, 0.1) is 5.69 Å². The van der Waals surface area contributed by atoms with Gasteiger partial charge in [-0.1, -0.05) is 28.1 Å². The molecule has 0 aromatic heterocycles. The summed E-state index contributed by atoms with van der Waals surface area (Å²) in [4.78, 5) is 0. The van der Waals surface area contributed by atoms with Gasteiger partial charge in [0.1, 0.15) is 4.66 Å². The van der Waals surface area contributed by atoms with Gasteiger partial charge in [0.15, 0.2) is 0 Å². The van der Waals surface area contributed by atoms with Gasteiger partial charge >= 0.3 is 0 Å². The number of hydrogen-bond donors (Lipinski definition) is 1. The van der Waals surface area contributed by atoms with Gasteiger partial charge in [-0.05, 0) is 31.0 Å². The van der Waals surface area contributed by atoms with Crippen LogP contribution in [0.2, 0.25) is 0 Å².